The van der Waals surface area contributed by atoms with Gasteiger partial charge in [0.25, 0.3) is 11.8 Å². The number of carbonyl (C=O) groups is 2. The molecule has 0 spiro atoms. The number of hydrogen-bond donors (Lipinski definition) is 2. The first-order valence-corrected chi connectivity index (χ1v) is 8.94. The molecule has 0 fully saturated rings. The zero-order valence-electron chi connectivity index (χ0n) is 15.4. The molecule has 2 amide bonds. The Balaban J connectivity index is 1.52. The van der Waals surface area contributed by atoms with Gasteiger partial charge in [-0.3, -0.25) is 9.59 Å². The van der Waals surface area contributed by atoms with Crippen molar-refractivity contribution in [3.63, 3.8) is 0 Å². The molecule has 0 aliphatic carbocycles. The SMILES string of the molecule is Cc1cc(OCC(=O)Nc2ccc(NC(=O)c3ccco3)cc2)cc(C)c1Cl. The van der Waals surface area contributed by atoms with E-state index in [1.54, 1.807) is 48.5 Å². The van der Waals surface area contributed by atoms with Crippen LogP contribution in [-0.4, -0.2) is 18.4 Å². The Morgan fingerprint density at radius 1 is 1.00 bits per heavy atom. The average molecular weight is 399 g/mol. The monoisotopic (exact) mass is 398 g/mol. The van der Waals surface area contributed by atoms with Gasteiger partial charge in [-0.15, -0.1) is 0 Å². The van der Waals surface area contributed by atoms with Crippen LogP contribution < -0.4 is 15.4 Å². The zero-order valence-corrected chi connectivity index (χ0v) is 16.2. The zero-order chi connectivity index (χ0) is 20.1. The predicted molar refractivity (Wildman–Crippen MR) is 108 cm³/mol. The summed E-state index contributed by atoms with van der Waals surface area (Å²) in [5, 5.41) is 6.14. The van der Waals surface area contributed by atoms with Gasteiger partial charge in [-0.1, -0.05) is 11.6 Å². The molecule has 7 heteroatoms. The number of carbonyl (C=O) groups excluding carboxylic acids is 2. The van der Waals surface area contributed by atoms with E-state index < -0.39 is 0 Å². The summed E-state index contributed by atoms with van der Waals surface area (Å²) >= 11 is 6.13. The van der Waals surface area contributed by atoms with Crippen LogP contribution in [0, 0.1) is 13.8 Å². The minimum Gasteiger partial charge on any atom is -0.484 e. The highest BCUT2D eigenvalue weighted by Gasteiger charge is 2.10. The minimum atomic E-state index is -0.344. The first kappa shape index (κ1) is 19.5. The Morgan fingerprint density at radius 3 is 2.18 bits per heavy atom. The molecule has 2 aromatic carbocycles. The van der Waals surface area contributed by atoms with Crippen LogP contribution >= 0.6 is 11.6 Å². The third-order valence-corrected chi connectivity index (χ3v) is 4.55. The summed E-state index contributed by atoms with van der Waals surface area (Å²) in [6, 6.07) is 13.5. The molecule has 6 nitrogen and oxygen atoms in total. The van der Waals surface area contributed by atoms with Crippen LogP contribution in [0.15, 0.2) is 59.2 Å². The molecule has 1 heterocycles. The molecule has 3 rings (SSSR count). The van der Waals surface area contributed by atoms with E-state index in [-0.39, 0.29) is 24.2 Å². The smallest absolute Gasteiger partial charge is 0.291 e. The Bertz CT molecular complexity index is 959. The highest BCUT2D eigenvalue weighted by Crippen LogP contribution is 2.25. The maximum atomic E-state index is 12.1. The predicted octanol–water partition coefficient (Wildman–Crippen LogP) is 4.82. The topological polar surface area (TPSA) is 80.6 Å². The third-order valence-electron chi connectivity index (χ3n) is 3.95. The molecule has 2 N–H and O–H groups in total. The lowest BCUT2D eigenvalue weighted by atomic mass is 10.1. The van der Waals surface area contributed by atoms with Gasteiger partial charge in [-0.25, -0.2) is 0 Å². The Morgan fingerprint density at radius 2 is 1.61 bits per heavy atom. The van der Waals surface area contributed by atoms with Gasteiger partial charge in [0.05, 0.1) is 6.26 Å². The number of benzene rings is 2. The standard InChI is InChI=1S/C21H19ClN2O4/c1-13-10-17(11-14(2)20(13)22)28-12-19(25)23-15-5-7-16(8-6-15)24-21(26)18-4-3-9-27-18/h3-11H,12H2,1-2H3,(H,23,25)(H,24,26). The van der Waals surface area contributed by atoms with Crippen LogP contribution in [0.25, 0.3) is 0 Å². The summed E-state index contributed by atoms with van der Waals surface area (Å²) in [7, 11) is 0. The molecule has 0 unspecified atom stereocenters. The fourth-order valence-corrected chi connectivity index (χ4v) is 2.68. The number of furan rings is 1. The van der Waals surface area contributed by atoms with Crippen molar-refractivity contribution < 1.29 is 18.7 Å². The van der Waals surface area contributed by atoms with Crippen molar-refractivity contribution in [1.82, 2.24) is 0 Å². The second kappa shape index (κ2) is 8.63. The summed E-state index contributed by atoms with van der Waals surface area (Å²) in [5.74, 6) is 0.175. The van der Waals surface area contributed by atoms with Gasteiger partial charge in [0.2, 0.25) is 0 Å². The molecule has 0 saturated heterocycles. The van der Waals surface area contributed by atoms with Crippen LogP contribution in [0.4, 0.5) is 11.4 Å². The van der Waals surface area contributed by atoms with Gasteiger partial charge in [0.15, 0.2) is 12.4 Å². The lowest BCUT2D eigenvalue weighted by molar-refractivity contribution is -0.118. The van der Waals surface area contributed by atoms with Gasteiger partial charge in [-0.05, 0) is 73.5 Å². The third kappa shape index (κ3) is 4.92. The summed E-state index contributed by atoms with van der Waals surface area (Å²) in [6.07, 6.45) is 1.43. The first-order valence-electron chi connectivity index (χ1n) is 8.56. The van der Waals surface area contributed by atoms with Gasteiger partial charge in [0, 0.05) is 16.4 Å². The van der Waals surface area contributed by atoms with Crippen LogP contribution in [0.1, 0.15) is 21.7 Å². The quantitative estimate of drug-likeness (QED) is 0.623. The molecule has 0 bridgehead atoms. The fraction of sp³-hybridized carbons (Fsp3) is 0.143. The van der Waals surface area contributed by atoms with Crippen molar-refractivity contribution in [2.75, 3.05) is 17.2 Å². The summed E-state index contributed by atoms with van der Waals surface area (Å²) in [4.78, 5) is 24.0. The van der Waals surface area contributed by atoms with E-state index >= 15 is 0 Å². The highest BCUT2D eigenvalue weighted by atomic mass is 35.5. The van der Waals surface area contributed by atoms with E-state index in [1.807, 2.05) is 13.8 Å². The van der Waals surface area contributed by atoms with E-state index in [4.69, 9.17) is 20.8 Å². The molecular weight excluding hydrogens is 380 g/mol. The molecule has 1 aromatic heterocycles. The normalized spacial score (nSPS) is 10.4. The molecule has 28 heavy (non-hydrogen) atoms. The maximum Gasteiger partial charge on any atom is 0.291 e. The summed E-state index contributed by atoms with van der Waals surface area (Å²) < 4.78 is 10.6. The van der Waals surface area contributed by atoms with Crippen LogP contribution in [-0.2, 0) is 4.79 Å². The Kier molecular flexibility index (Phi) is 6.01. The second-order valence-electron chi connectivity index (χ2n) is 6.22. The Labute approximate surface area is 167 Å². The lowest BCUT2D eigenvalue weighted by Crippen LogP contribution is -2.20. The fourth-order valence-electron chi connectivity index (χ4n) is 2.57. The number of nitrogens with one attached hydrogen (secondary N) is 2. The number of halogens is 1. The number of aryl methyl sites for hydroxylation is 2. The maximum absolute atomic E-state index is 12.1. The van der Waals surface area contributed by atoms with Crippen molar-refractivity contribution in [2.45, 2.75) is 13.8 Å². The van der Waals surface area contributed by atoms with Crippen LogP contribution in [0.3, 0.4) is 0 Å². The van der Waals surface area contributed by atoms with Crippen molar-refractivity contribution in [3.05, 3.63) is 76.7 Å². The van der Waals surface area contributed by atoms with Gasteiger partial charge >= 0.3 is 0 Å². The first-order chi connectivity index (χ1) is 13.4. The molecule has 144 valence electrons. The van der Waals surface area contributed by atoms with Gasteiger partial charge in [-0.2, -0.15) is 0 Å². The van der Waals surface area contributed by atoms with E-state index in [1.165, 1.54) is 6.26 Å². The average Bonchev–Trinajstić information content (AvgIpc) is 3.21. The molecule has 3 aromatic rings. The number of rotatable bonds is 6. The number of amides is 2. The molecule has 0 atom stereocenters. The highest BCUT2D eigenvalue weighted by molar-refractivity contribution is 6.32. The molecule has 0 aliphatic heterocycles. The van der Waals surface area contributed by atoms with Crippen molar-refractivity contribution in [3.8, 4) is 5.75 Å². The van der Waals surface area contributed by atoms with E-state index in [0.29, 0.717) is 22.1 Å². The lowest BCUT2D eigenvalue weighted by Gasteiger charge is -2.11. The molecule has 0 aliphatic rings. The van der Waals surface area contributed by atoms with Gasteiger partial charge in [0.1, 0.15) is 5.75 Å². The molecule has 0 saturated carbocycles. The van der Waals surface area contributed by atoms with Crippen molar-refractivity contribution >= 4 is 34.8 Å². The number of ether oxygens (including phenoxy) is 1. The largest absolute Gasteiger partial charge is 0.484 e. The second-order valence-corrected chi connectivity index (χ2v) is 6.59. The number of hydrogen-bond acceptors (Lipinski definition) is 4. The minimum absolute atomic E-state index is 0.127. The van der Waals surface area contributed by atoms with Crippen molar-refractivity contribution in [1.29, 1.82) is 0 Å². The van der Waals surface area contributed by atoms with Crippen LogP contribution in [0.2, 0.25) is 5.02 Å². The van der Waals surface area contributed by atoms with E-state index in [0.717, 1.165) is 11.1 Å². The summed E-state index contributed by atoms with van der Waals surface area (Å²) in [6.45, 7) is 3.64. The number of anilines is 2. The molecular formula is C21H19ClN2O4. The Hall–Kier alpha value is -3.25. The van der Waals surface area contributed by atoms with E-state index in [9.17, 15) is 9.59 Å². The summed E-state index contributed by atoms with van der Waals surface area (Å²) in [5.41, 5.74) is 2.96. The van der Waals surface area contributed by atoms with Gasteiger partial charge < -0.3 is 19.8 Å². The van der Waals surface area contributed by atoms with Crippen molar-refractivity contribution in [2.24, 2.45) is 0 Å². The van der Waals surface area contributed by atoms with Crippen LogP contribution in [0.5, 0.6) is 5.75 Å². The van der Waals surface area contributed by atoms with E-state index in [2.05, 4.69) is 10.6 Å². The molecule has 0 radical (unpaired) electrons.